The molecule has 4 heteroatoms. The van der Waals surface area contributed by atoms with E-state index in [1.165, 1.54) is 0 Å². The number of rotatable bonds is 4. The molecule has 1 heterocycles. The standard InChI is InChI=1S/C15H22N2O2/c1-11(10-19-2)7-15(18)17-9-13(16)8-12-5-3-4-6-14(12)17/h3-6,11,13H,7-10,16H2,1-2H3. The molecule has 2 N–H and O–H groups in total. The molecule has 0 spiro atoms. The van der Waals surface area contributed by atoms with Gasteiger partial charge in [0, 0.05) is 38.4 Å². The van der Waals surface area contributed by atoms with Crippen LogP contribution in [0.5, 0.6) is 0 Å². The highest BCUT2D eigenvalue weighted by Gasteiger charge is 2.26. The number of anilines is 1. The second-order valence-electron chi connectivity index (χ2n) is 5.36. The highest BCUT2D eigenvalue weighted by Crippen LogP contribution is 2.27. The van der Waals surface area contributed by atoms with Crippen LogP contribution >= 0.6 is 0 Å². The first-order valence-corrected chi connectivity index (χ1v) is 6.74. The normalized spacial score (nSPS) is 19.9. The number of methoxy groups -OCH3 is 1. The molecule has 0 saturated carbocycles. The van der Waals surface area contributed by atoms with Crippen LogP contribution in [0.25, 0.3) is 0 Å². The van der Waals surface area contributed by atoms with Gasteiger partial charge in [-0.3, -0.25) is 4.79 Å². The zero-order chi connectivity index (χ0) is 13.8. The maximum absolute atomic E-state index is 12.4. The zero-order valence-corrected chi connectivity index (χ0v) is 11.6. The molecule has 0 bridgehead atoms. The Morgan fingerprint density at radius 3 is 3.00 bits per heavy atom. The maximum atomic E-state index is 12.4. The first kappa shape index (κ1) is 14.0. The summed E-state index contributed by atoms with van der Waals surface area (Å²) in [4.78, 5) is 14.2. The molecule has 0 fully saturated rings. The van der Waals surface area contributed by atoms with E-state index in [1.807, 2.05) is 36.1 Å². The minimum Gasteiger partial charge on any atom is -0.384 e. The van der Waals surface area contributed by atoms with Crippen molar-refractivity contribution in [1.82, 2.24) is 0 Å². The van der Waals surface area contributed by atoms with Crippen molar-refractivity contribution in [3.63, 3.8) is 0 Å². The van der Waals surface area contributed by atoms with Gasteiger partial charge in [0.1, 0.15) is 0 Å². The summed E-state index contributed by atoms with van der Waals surface area (Å²) < 4.78 is 5.09. The van der Waals surface area contributed by atoms with Gasteiger partial charge in [0.2, 0.25) is 5.91 Å². The molecule has 0 saturated heterocycles. The lowest BCUT2D eigenvalue weighted by molar-refractivity contribution is -0.119. The molecule has 1 aliphatic heterocycles. The third-order valence-electron chi connectivity index (χ3n) is 3.46. The van der Waals surface area contributed by atoms with Crippen LogP contribution < -0.4 is 10.6 Å². The van der Waals surface area contributed by atoms with Gasteiger partial charge < -0.3 is 15.4 Å². The summed E-state index contributed by atoms with van der Waals surface area (Å²) in [5.41, 5.74) is 8.22. The van der Waals surface area contributed by atoms with Gasteiger partial charge in [0.05, 0.1) is 0 Å². The highest BCUT2D eigenvalue weighted by atomic mass is 16.5. The number of fused-ring (bicyclic) bond motifs is 1. The second-order valence-corrected chi connectivity index (χ2v) is 5.36. The van der Waals surface area contributed by atoms with Gasteiger partial charge in [0.25, 0.3) is 0 Å². The summed E-state index contributed by atoms with van der Waals surface area (Å²) in [7, 11) is 1.66. The topological polar surface area (TPSA) is 55.6 Å². The molecular formula is C15H22N2O2. The van der Waals surface area contributed by atoms with E-state index < -0.39 is 0 Å². The van der Waals surface area contributed by atoms with E-state index in [0.29, 0.717) is 19.6 Å². The van der Waals surface area contributed by atoms with Crippen molar-refractivity contribution in [1.29, 1.82) is 0 Å². The first-order valence-electron chi connectivity index (χ1n) is 6.74. The molecule has 0 aromatic heterocycles. The molecule has 4 nitrogen and oxygen atoms in total. The van der Waals surface area contributed by atoms with Gasteiger partial charge in [-0.05, 0) is 24.0 Å². The molecule has 1 aromatic carbocycles. The summed E-state index contributed by atoms with van der Waals surface area (Å²) in [6, 6.07) is 8.03. The minimum atomic E-state index is 0.0246. The van der Waals surface area contributed by atoms with Crippen molar-refractivity contribution < 1.29 is 9.53 Å². The third-order valence-corrected chi connectivity index (χ3v) is 3.46. The Labute approximate surface area is 114 Å². The lowest BCUT2D eigenvalue weighted by Gasteiger charge is -2.33. The summed E-state index contributed by atoms with van der Waals surface area (Å²) in [5, 5.41) is 0. The number of carbonyl (C=O) groups is 1. The van der Waals surface area contributed by atoms with Crippen molar-refractivity contribution in [2.75, 3.05) is 25.2 Å². The van der Waals surface area contributed by atoms with Crippen molar-refractivity contribution in [3.8, 4) is 0 Å². The van der Waals surface area contributed by atoms with Gasteiger partial charge in [-0.25, -0.2) is 0 Å². The van der Waals surface area contributed by atoms with Gasteiger partial charge in [0.15, 0.2) is 0 Å². The van der Waals surface area contributed by atoms with Crippen LogP contribution in [0.15, 0.2) is 24.3 Å². The molecule has 0 aliphatic carbocycles. The van der Waals surface area contributed by atoms with Crippen LogP contribution in [0.2, 0.25) is 0 Å². The van der Waals surface area contributed by atoms with E-state index in [0.717, 1.165) is 17.7 Å². The van der Waals surface area contributed by atoms with Crippen LogP contribution in [0.4, 0.5) is 5.69 Å². The Kier molecular flexibility index (Phi) is 4.56. The SMILES string of the molecule is COCC(C)CC(=O)N1CC(N)Cc2ccccc21. The number of para-hydroxylation sites is 1. The van der Waals surface area contributed by atoms with Crippen LogP contribution in [0.1, 0.15) is 18.9 Å². The van der Waals surface area contributed by atoms with E-state index in [2.05, 4.69) is 0 Å². The summed E-state index contributed by atoms with van der Waals surface area (Å²) in [6.07, 6.45) is 1.34. The Morgan fingerprint density at radius 2 is 2.26 bits per heavy atom. The lowest BCUT2D eigenvalue weighted by Crippen LogP contribution is -2.46. The van der Waals surface area contributed by atoms with Crippen molar-refractivity contribution in [3.05, 3.63) is 29.8 Å². The monoisotopic (exact) mass is 262 g/mol. The fraction of sp³-hybridized carbons (Fsp3) is 0.533. The highest BCUT2D eigenvalue weighted by molar-refractivity contribution is 5.94. The van der Waals surface area contributed by atoms with Crippen LogP contribution in [-0.4, -0.2) is 32.2 Å². The quantitative estimate of drug-likeness (QED) is 0.896. The number of amides is 1. The molecule has 2 unspecified atom stereocenters. The molecule has 1 aliphatic rings. The van der Waals surface area contributed by atoms with E-state index in [-0.39, 0.29) is 17.9 Å². The van der Waals surface area contributed by atoms with E-state index in [1.54, 1.807) is 7.11 Å². The number of ether oxygens (including phenoxy) is 1. The Morgan fingerprint density at radius 1 is 1.53 bits per heavy atom. The molecule has 1 aromatic rings. The molecule has 1 amide bonds. The van der Waals surface area contributed by atoms with E-state index in [9.17, 15) is 4.79 Å². The minimum absolute atomic E-state index is 0.0246. The fourth-order valence-electron chi connectivity index (χ4n) is 2.61. The second kappa shape index (κ2) is 6.17. The Bertz CT molecular complexity index is 448. The van der Waals surface area contributed by atoms with Gasteiger partial charge in [-0.15, -0.1) is 0 Å². The molecule has 19 heavy (non-hydrogen) atoms. The van der Waals surface area contributed by atoms with Gasteiger partial charge in [-0.2, -0.15) is 0 Å². The van der Waals surface area contributed by atoms with Crippen LogP contribution in [0, 0.1) is 5.92 Å². The molecule has 0 radical (unpaired) electrons. The third kappa shape index (κ3) is 3.33. The maximum Gasteiger partial charge on any atom is 0.227 e. The number of nitrogens with zero attached hydrogens (tertiary/aromatic N) is 1. The summed E-state index contributed by atoms with van der Waals surface area (Å²) >= 11 is 0. The molecule has 104 valence electrons. The zero-order valence-electron chi connectivity index (χ0n) is 11.6. The fourth-order valence-corrected chi connectivity index (χ4v) is 2.61. The number of nitrogens with two attached hydrogens (primary N) is 1. The molecule has 2 atom stereocenters. The number of hydrogen-bond donors (Lipinski definition) is 1. The smallest absolute Gasteiger partial charge is 0.227 e. The van der Waals surface area contributed by atoms with Gasteiger partial charge >= 0.3 is 0 Å². The Balaban J connectivity index is 2.13. The number of carbonyl (C=O) groups excluding carboxylic acids is 1. The lowest BCUT2D eigenvalue weighted by atomic mass is 9.97. The Hall–Kier alpha value is -1.39. The summed E-state index contributed by atoms with van der Waals surface area (Å²) in [5.74, 6) is 0.356. The number of hydrogen-bond acceptors (Lipinski definition) is 3. The van der Waals surface area contributed by atoms with Crippen molar-refractivity contribution in [2.24, 2.45) is 11.7 Å². The van der Waals surface area contributed by atoms with Crippen molar-refractivity contribution >= 4 is 11.6 Å². The average molecular weight is 262 g/mol. The number of benzene rings is 1. The molecular weight excluding hydrogens is 240 g/mol. The van der Waals surface area contributed by atoms with E-state index >= 15 is 0 Å². The van der Waals surface area contributed by atoms with E-state index in [4.69, 9.17) is 10.5 Å². The first-order chi connectivity index (χ1) is 9.11. The predicted molar refractivity (Wildman–Crippen MR) is 76.1 cm³/mol. The van der Waals surface area contributed by atoms with Gasteiger partial charge in [-0.1, -0.05) is 25.1 Å². The average Bonchev–Trinajstić information content (AvgIpc) is 2.37. The predicted octanol–water partition coefficient (Wildman–Crippen LogP) is 1.58. The van der Waals surface area contributed by atoms with Crippen LogP contribution in [-0.2, 0) is 16.0 Å². The summed E-state index contributed by atoms with van der Waals surface area (Å²) in [6.45, 7) is 3.24. The largest absolute Gasteiger partial charge is 0.384 e. The van der Waals surface area contributed by atoms with Crippen LogP contribution in [0.3, 0.4) is 0 Å². The molecule has 2 rings (SSSR count). The van der Waals surface area contributed by atoms with Crippen molar-refractivity contribution in [2.45, 2.75) is 25.8 Å².